The molecule has 122 valence electrons. The number of amides is 1. The first-order chi connectivity index (χ1) is 11.6. The topological polar surface area (TPSA) is 46.9 Å². The molecule has 0 unspecified atom stereocenters. The number of anilines is 1. The van der Waals surface area contributed by atoms with Crippen molar-refractivity contribution in [3.05, 3.63) is 70.4 Å². The average Bonchev–Trinajstić information content (AvgIpc) is 3.05. The molecule has 0 aliphatic carbocycles. The van der Waals surface area contributed by atoms with E-state index in [1.807, 2.05) is 47.2 Å². The third-order valence-electron chi connectivity index (χ3n) is 3.18. The average molecular weight is 423 g/mol. The monoisotopic (exact) mass is 421 g/mol. The lowest BCUT2D eigenvalue weighted by Crippen LogP contribution is -2.14. The van der Waals surface area contributed by atoms with Crippen LogP contribution in [0.1, 0.15) is 0 Å². The zero-order valence-corrected chi connectivity index (χ0v) is 15.6. The second-order valence-corrected chi connectivity index (χ2v) is 7.14. The van der Waals surface area contributed by atoms with Gasteiger partial charge >= 0.3 is 0 Å². The number of aromatic nitrogens is 2. The molecule has 1 aromatic heterocycles. The summed E-state index contributed by atoms with van der Waals surface area (Å²) in [5.41, 5.74) is 1.60. The molecule has 0 fully saturated rings. The van der Waals surface area contributed by atoms with Crippen LogP contribution >= 0.6 is 39.3 Å². The number of rotatable bonds is 5. The van der Waals surface area contributed by atoms with E-state index in [4.69, 9.17) is 11.6 Å². The highest BCUT2D eigenvalue weighted by atomic mass is 79.9. The molecule has 0 bridgehead atoms. The minimum Gasteiger partial charge on any atom is -0.324 e. The molecule has 0 saturated carbocycles. The first kappa shape index (κ1) is 17.1. The van der Waals surface area contributed by atoms with Crippen molar-refractivity contribution in [1.29, 1.82) is 0 Å². The summed E-state index contributed by atoms with van der Waals surface area (Å²) in [5, 5.41) is 4.07. The quantitative estimate of drug-likeness (QED) is 0.587. The molecule has 3 aromatic rings. The highest BCUT2D eigenvalue weighted by Gasteiger charge is 2.10. The van der Waals surface area contributed by atoms with E-state index in [0.29, 0.717) is 10.7 Å². The van der Waals surface area contributed by atoms with Crippen molar-refractivity contribution in [2.75, 3.05) is 11.1 Å². The van der Waals surface area contributed by atoms with E-state index in [-0.39, 0.29) is 11.7 Å². The summed E-state index contributed by atoms with van der Waals surface area (Å²) in [5.74, 6) is 0.114. The lowest BCUT2D eigenvalue weighted by Gasteiger charge is -2.09. The molecule has 0 spiro atoms. The Morgan fingerprint density at radius 1 is 1.25 bits per heavy atom. The maximum atomic E-state index is 12.2. The Labute approximate surface area is 157 Å². The van der Waals surface area contributed by atoms with E-state index in [1.54, 1.807) is 18.3 Å². The molecule has 4 nitrogen and oxygen atoms in total. The molecule has 24 heavy (non-hydrogen) atoms. The van der Waals surface area contributed by atoms with Crippen LogP contribution < -0.4 is 5.32 Å². The Morgan fingerprint density at radius 2 is 2.04 bits per heavy atom. The number of para-hydroxylation sites is 1. The molecular formula is C17H13BrClN3OS. The van der Waals surface area contributed by atoms with Crippen molar-refractivity contribution in [2.45, 2.75) is 5.16 Å². The van der Waals surface area contributed by atoms with Crippen LogP contribution in [-0.2, 0) is 4.79 Å². The first-order valence-corrected chi connectivity index (χ1v) is 9.25. The fourth-order valence-electron chi connectivity index (χ4n) is 2.09. The number of halogens is 2. The van der Waals surface area contributed by atoms with Gasteiger partial charge in [0.15, 0.2) is 5.16 Å². The molecule has 3 rings (SSSR count). The highest BCUT2D eigenvalue weighted by molar-refractivity contribution is 9.10. The molecule has 7 heteroatoms. The number of imidazole rings is 1. The molecule has 0 atom stereocenters. The Morgan fingerprint density at radius 3 is 2.79 bits per heavy atom. The summed E-state index contributed by atoms with van der Waals surface area (Å²) in [7, 11) is 0. The maximum Gasteiger partial charge on any atom is 0.234 e. The van der Waals surface area contributed by atoms with E-state index in [9.17, 15) is 4.79 Å². The van der Waals surface area contributed by atoms with Gasteiger partial charge in [-0.25, -0.2) is 4.98 Å². The fourth-order valence-corrected chi connectivity index (χ4v) is 3.58. The number of benzene rings is 2. The van der Waals surface area contributed by atoms with Crippen molar-refractivity contribution in [3.8, 4) is 5.69 Å². The van der Waals surface area contributed by atoms with Crippen molar-refractivity contribution >= 4 is 50.9 Å². The van der Waals surface area contributed by atoms with Gasteiger partial charge in [0.25, 0.3) is 0 Å². The second-order valence-electron chi connectivity index (χ2n) is 4.88. The van der Waals surface area contributed by atoms with Crippen LogP contribution in [0, 0.1) is 0 Å². The lowest BCUT2D eigenvalue weighted by molar-refractivity contribution is -0.113. The van der Waals surface area contributed by atoms with Gasteiger partial charge in [0, 0.05) is 22.6 Å². The standard InChI is InChI=1S/C17H13BrClN3OS/c18-12-6-7-15(14(19)10-12)21-16(23)11-24-17-20-8-9-22(17)13-4-2-1-3-5-13/h1-10H,11H2,(H,21,23). The first-order valence-electron chi connectivity index (χ1n) is 7.10. The second kappa shape index (κ2) is 7.88. The molecule has 0 radical (unpaired) electrons. The number of thioether (sulfide) groups is 1. The highest BCUT2D eigenvalue weighted by Crippen LogP contribution is 2.26. The Bertz CT molecular complexity index is 854. The predicted molar refractivity (Wildman–Crippen MR) is 102 cm³/mol. The van der Waals surface area contributed by atoms with Gasteiger partial charge in [0.2, 0.25) is 5.91 Å². The third-order valence-corrected chi connectivity index (χ3v) is 4.95. The van der Waals surface area contributed by atoms with E-state index in [2.05, 4.69) is 26.2 Å². The molecule has 0 saturated heterocycles. The molecule has 1 N–H and O–H groups in total. The summed E-state index contributed by atoms with van der Waals surface area (Å²) in [6, 6.07) is 15.2. The van der Waals surface area contributed by atoms with Crippen LogP contribution in [0.4, 0.5) is 5.69 Å². The van der Waals surface area contributed by atoms with Gasteiger partial charge in [-0.2, -0.15) is 0 Å². The number of nitrogens with one attached hydrogen (secondary N) is 1. The normalized spacial score (nSPS) is 10.6. The van der Waals surface area contributed by atoms with Gasteiger partial charge in [-0.3, -0.25) is 9.36 Å². The molecule has 1 heterocycles. The van der Waals surface area contributed by atoms with Gasteiger partial charge < -0.3 is 5.32 Å². The van der Waals surface area contributed by atoms with Crippen molar-refractivity contribution in [2.24, 2.45) is 0 Å². The molecule has 1 amide bonds. The zero-order chi connectivity index (χ0) is 16.9. The summed E-state index contributed by atoms with van der Waals surface area (Å²) >= 11 is 10.8. The summed E-state index contributed by atoms with van der Waals surface area (Å²) in [6.07, 6.45) is 3.60. The predicted octanol–water partition coefficient (Wildman–Crippen LogP) is 5.02. The van der Waals surface area contributed by atoms with Crippen molar-refractivity contribution in [1.82, 2.24) is 9.55 Å². The number of hydrogen-bond donors (Lipinski definition) is 1. The van der Waals surface area contributed by atoms with Crippen LogP contribution in [0.2, 0.25) is 5.02 Å². The van der Waals surface area contributed by atoms with Crippen LogP contribution in [0.25, 0.3) is 5.69 Å². The number of carbonyl (C=O) groups excluding carboxylic acids is 1. The Balaban J connectivity index is 1.64. The van der Waals surface area contributed by atoms with Gasteiger partial charge in [-0.05, 0) is 30.3 Å². The zero-order valence-electron chi connectivity index (χ0n) is 12.4. The van der Waals surface area contributed by atoms with Crippen LogP contribution in [0.5, 0.6) is 0 Å². The Hall–Kier alpha value is -1.76. The van der Waals surface area contributed by atoms with Gasteiger partial charge in [-0.15, -0.1) is 0 Å². The summed E-state index contributed by atoms with van der Waals surface area (Å²) in [4.78, 5) is 16.5. The minimum atomic E-state index is -0.133. The van der Waals surface area contributed by atoms with Gasteiger partial charge in [0.1, 0.15) is 0 Å². The largest absolute Gasteiger partial charge is 0.324 e. The Kier molecular flexibility index (Phi) is 5.60. The van der Waals surface area contributed by atoms with E-state index >= 15 is 0 Å². The molecule has 0 aliphatic rings. The van der Waals surface area contributed by atoms with Crippen molar-refractivity contribution in [3.63, 3.8) is 0 Å². The number of hydrogen-bond acceptors (Lipinski definition) is 3. The lowest BCUT2D eigenvalue weighted by atomic mass is 10.3. The molecular weight excluding hydrogens is 410 g/mol. The summed E-state index contributed by atoms with van der Waals surface area (Å²) in [6.45, 7) is 0. The maximum absolute atomic E-state index is 12.2. The smallest absolute Gasteiger partial charge is 0.234 e. The van der Waals surface area contributed by atoms with Gasteiger partial charge in [-0.1, -0.05) is 57.5 Å². The molecule has 2 aromatic carbocycles. The summed E-state index contributed by atoms with van der Waals surface area (Å²) < 4.78 is 2.81. The van der Waals surface area contributed by atoms with Crippen LogP contribution in [0.15, 0.2) is 70.6 Å². The van der Waals surface area contributed by atoms with E-state index < -0.39 is 0 Å². The SMILES string of the molecule is O=C(CSc1nccn1-c1ccccc1)Nc1ccc(Br)cc1Cl. The van der Waals surface area contributed by atoms with Crippen molar-refractivity contribution < 1.29 is 4.79 Å². The van der Waals surface area contributed by atoms with Gasteiger partial charge in [0.05, 0.1) is 16.5 Å². The fraction of sp³-hybridized carbons (Fsp3) is 0.0588. The minimum absolute atomic E-state index is 0.133. The van der Waals surface area contributed by atoms with E-state index in [0.717, 1.165) is 15.3 Å². The molecule has 0 aliphatic heterocycles. The third kappa shape index (κ3) is 4.20. The van der Waals surface area contributed by atoms with Crippen LogP contribution in [0.3, 0.4) is 0 Å². The number of carbonyl (C=O) groups is 1. The van der Waals surface area contributed by atoms with E-state index in [1.165, 1.54) is 11.8 Å². The number of nitrogens with zero attached hydrogens (tertiary/aromatic N) is 2. The van der Waals surface area contributed by atoms with Crippen LogP contribution in [-0.4, -0.2) is 21.2 Å².